The number of ether oxygens (including phenoxy) is 1. The number of nitrogens with one attached hydrogen (secondary N) is 1. The first kappa shape index (κ1) is 12.5. The van der Waals surface area contributed by atoms with Crippen LogP contribution < -0.4 is 5.43 Å². The van der Waals surface area contributed by atoms with Crippen LogP contribution in [0.25, 0.3) is 0 Å². The maximum Gasteiger partial charge on any atom is 0.426 e. The molecule has 0 aromatic rings. The number of carboxylic acid groups (broad SMARTS) is 1. The Balaban J connectivity index is 3.74. The molecule has 0 saturated heterocycles. The van der Waals surface area contributed by atoms with Crippen LogP contribution in [0.1, 0.15) is 26.7 Å². The summed E-state index contributed by atoms with van der Waals surface area (Å²) in [5, 5.41) is 9.31. The van der Waals surface area contributed by atoms with Gasteiger partial charge in [0.05, 0.1) is 6.61 Å². The fourth-order valence-electron chi connectivity index (χ4n) is 0.714. The van der Waals surface area contributed by atoms with Crippen molar-refractivity contribution in [1.82, 2.24) is 10.4 Å². The summed E-state index contributed by atoms with van der Waals surface area (Å²) < 4.78 is 4.71. The predicted molar refractivity (Wildman–Crippen MR) is 49.8 cm³/mol. The molecule has 0 saturated carbocycles. The molecule has 14 heavy (non-hydrogen) atoms. The van der Waals surface area contributed by atoms with E-state index in [0.717, 1.165) is 17.9 Å². The normalized spacial score (nSPS) is 9.29. The van der Waals surface area contributed by atoms with Crippen LogP contribution in [0, 0.1) is 0 Å². The molecule has 0 rings (SSSR count). The summed E-state index contributed by atoms with van der Waals surface area (Å²) in [5.41, 5.74) is 2.10. The summed E-state index contributed by atoms with van der Waals surface area (Å²) >= 11 is 0. The molecule has 0 radical (unpaired) electrons. The van der Waals surface area contributed by atoms with Gasteiger partial charge in [0.2, 0.25) is 0 Å². The van der Waals surface area contributed by atoms with Gasteiger partial charge in [-0.1, -0.05) is 13.3 Å². The van der Waals surface area contributed by atoms with E-state index in [-0.39, 0.29) is 6.54 Å². The van der Waals surface area contributed by atoms with Gasteiger partial charge in [-0.25, -0.2) is 20.0 Å². The van der Waals surface area contributed by atoms with Crippen LogP contribution in [0.2, 0.25) is 0 Å². The summed E-state index contributed by atoms with van der Waals surface area (Å²) in [7, 11) is 0. The molecule has 0 aromatic carbocycles. The number of unbranched alkanes of at least 4 members (excludes halogenated alkanes) is 1. The molecule has 0 unspecified atom stereocenters. The Morgan fingerprint density at radius 1 is 1.43 bits per heavy atom. The van der Waals surface area contributed by atoms with E-state index in [0.29, 0.717) is 6.61 Å². The largest absolute Gasteiger partial charge is 0.464 e. The summed E-state index contributed by atoms with van der Waals surface area (Å²) in [6, 6.07) is 0. The van der Waals surface area contributed by atoms with Crippen LogP contribution in [-0.2, 0) is 4.74 Å². The molecule has 2 N–H and O–H groups in total. The first-order valence-corrected chi connectivity index (χ1v) is 4.55. The lowest BCUT2D eigenvalue weighted by atomic mass is 10.4. The molecule has 0 aromatic heterocycles. The summed E-state index contributed by atoms with van der Waals surface area (Å²) in [6.07, 6.45) is -0.251. The van der Waals surface area contributed by atoms with Crippen molar-refractivity contribution in [2.75, 3.05) is 13.2 Å². The van der Waals surface area contributed by atoms with Gasteiger partial charge in [0.15, 0.2) is 0 Å². The Morgan fingerprint density at radius 2 is 2.07 bits per heavy atom. The number of hydrazine groups is 1. The molecule has 0 fully saturated rings. The second-order valence-corrected chi connectivity index (χ2v) is 2.63. The van der Waals surface area contributed by atoms with Crippen molar-refractivity contribution in [3.63, 3.8) is 0 Å². The van der Waals surface area contributed by atoms with Crippen molar-refractivity contribution in [2.45, 2.75) is 26.7 Å². The molecule has 0 aliphatic carbocycles. The van der Waals surface area contributed by atoms with Crippen LogP contribution in [0.15, 0.2) is 0 Å². The van der Waals surface area contributed by atoms with Crippen molar-refractivity contribution < 1.29 is 19.4 Å². The van der Waals surface area contributed by atoms with Crippen LogP contribution in [0.5, 0.6) is 0 Å². The smallest absolute Gasteiger partial charge is 0.426 e. The average Bonchev–Trinajstić information content (AvgIpc) is 2.14. The van der Waals surface area contributed by atoms with E-state index in [4.69, 9.17) is 9.84 Å². The zero-order valence-corrected chi connectivity index (χ0v) is 8.45. The summed E-state index contributed by atoms with van der Waals surface area (Å²) in [4.78, 5) is 21.4. The van der Waals surface area contributed by atoms with Crippen LogP contribution >= 0.6 is 0 Å². The third-order valence-electron chi connectivity index (χ3n) is 1.50. The molecule has 0 aliphatic rings. The summed E-state index contributed by atoms with van der Waals surface area (Å²) in [5.74, 6) is 0. The van der Waals surface area contributed by atoms with Crippen molar-refractivity contribution in [1.29, 1.82) is 0 Å². The molecular formula is C8H16N2O4. The molecular weight excluding hydrogens is 188 g/mol. The van der Waals surface area contributed by atoms with E-state index in [2.05, 4.69) is 5.43 Å². The molecule has 0 spiro atoms. The summed E-state index contributed by atoms with van der Waals surface area (Å²) in [6.45, 7) is 4.06. The fourth-order valence-corrected chi connectivity index (χ4v) is 0.714. The first-order chi connectivity index (χ1) is 6.61. The van der Waals surface area contributed by atoms with E-state index in [1.165, 1.54) is 0 Å². The molecule has 0 aliphatic heterocycles. The molecule has 2 amide bonds. The van der Waals surface area contributed by atoms with Crippen molar-refractivity contribution in [3.8, 4) is 0 Å². The van der Waals surface area contributed by atoms with E-state index in [1.807, 2.05) is 6.92 Å². The Bertz CT molecular complexity index is 196. The zero-order valence-electron chi connectivity index (χ0n) is 8.45. The van der Waals surface area contributed by atoms with Crippen LogP contribution in [0.4, 0.5) is 9.59 Å². The van der Waals surface area contributed by atoms with Gasteiger partial charge < -0.3 is 9.84 Å². The highest BCUT2D eigenvalue weighted by Gasteiger charge is 2.12. The van der Waals surface area contributed by atoms with Gasteiger partial charge in [0.1, 0.15) is 0 Å². The van der Waals surface area contributed by atoms with Gasteiger partial charge in [-0.15, -0.1) is 0 Å². The van der Waals surface area contributed by atoms with Gasteiger partial charge in [0, 0.05) is 6.54 Å². The number of amides is 2. The predicted octanol–water partition coefficient (Wildman–Crippen LogP) is 1.43. The van der Waals surface area contributed by atoms with Crippen LogP contribution in [-0.4, -0.2) is 35.5 Å². The van der Waals surface area contributed by atoms with Gasteiger partial charge in [-0.05, 0) is 13.3 Å². The third kappa shape index (κ3) is 5.23. The molecule has 0 heterocycles. The minimum absolute atomic E-state index is 0.179. The highest BCUT2D eigenvalue weighted by molar-refractivity contribution is 5.72. The molecule has 82 valence electrons. The zero-order chi connectivity index (χ0) is 11.0. The minimum atomic E-state index is -1.21. The second-order valence-electron chi connectivity index (χ2n) is 2.63. The number of hydrogen-bond acceptors (Lipinski definition) is 3. The molecule has 0 bridgehead atoms. The maximum atomic E-state index is 11.0. The quantitative estimate of drug-likeness (QED) is 0.536. The minimum Gasteiger partial charge on any atom is -0.464 e. The number of carbonyl (C=O) groups excluding carboxylic acids is 1. The third-order valence-corrected chi connectivity index (χ3v) is 1.50. The number of rotatable bonds is 4. The standard InChI is InChI=1S/C8H16N2O4/c1-3-5-6-14-7(11)9-10(4-2)8(12)13/h3-6H2,1-2H3,(H,9,11)(H,12,13). The highest BCUT2D eigenvalue weighted by atomic mass is 16.6. The van der Waals surface area contributed by atoms with Crippen molar-refractivity contribution in [3.05, 3.63) is 0 Å². The number of carbonyl (C=O) groups is 2. The maximum absolute atomic E-state index is 11.0. The lowest BCUT2D eigenvalue weighted by Gasteiger charge is -2.17. The van der Waals surface area contributed by atoms with E-state index in [1.54, 1.807) is 6.92 Å². The van der Waals surface area contributed by atoms with Crippen molar-refractivity contribution in [2.24, 2.45) is 0 Å². The Labute approximate surface area is 82.8 Å². The molecule has 6 nitrogen and oxygen atoms in total. The monoisotopic (exact) mass is 204 g/mol. The van der Waals surface area contributed by atoms with Gasteiger partial charge in [-0.2, -0.15) is 0 Å². The number of hydrogen-bond donors (Lipinski definition) is 2. The first-order valence-electron chi connectivity index (χ1n) is 4.55. The van der Waals surface area contributed by atoms with E-state index >= 15 is 0 Å². The SMILES string of the molecule is CCCCOC(=O)NN(CC)C(=O)O. The molecule has 6 heteroatoms. The van der Waals surface area contributed by atoms with E-state index < -0.39 is 12.2 Å². The lowest BCUT2D eigenvalue weighted by Crippen LogP contribution is -2.45. The Hall–Kier alpha value is -1.46. The van der Waals surface area contributed by atoms with Gasteiger partial charge in [0.25, 0.3) is 0 Å². The average molecular weight is 204 g/mol. The topological polar surface area (TPSA) is 78.9 Å². The lowest BCUT2D eigenvalue weighted by molar-refractivity contribution is 0.0939. The second kappa shape index (κ2) is 6.99. The Kier molecular flexibility index (Phi) is 6.26. The van der Waals surface area contributed by atoms with Crippen LogP contribution in [0.3, 0.4) is 0 Å². The highest BCUT2D eigenvalue weighted by Crippen LogP contribution is 1.90. The fraction of sp³-hybridized carbons (Fsp3) is 0.750. The van der Waals surface area contributed by atoms with Crippen molar-refractivity contribution >= 4 is 12.2 Å². The van der Waals surface area contributed by atoms with E-state index in [9.17, 15) is 9.59 Å². The van der Waals surface area contributed by atoms with Gasteiger partial charge in [-0.3, -0.25) is 0 Å². The molecule has 0 atom stereocenters. The van der Waals surface area contributed by atoms with Gasteiger partial charge >= 0.3 is 12.2 Å². The Morgan fingerprint density at radius 3 is 2.50 bits per heavy atom. The number of nitrogens with zero attached hydrogens (tertiary/aromatic N) is 1.